The van der Waals surface area contributed by atoms with Crippen molar-refractivity contribution < 1.29 is 18.3 Å². The number of piperidine rings is 1. The van der Waals surface area contributed by atoms with Crippen molar-refractivity contribution in [1.29, 1.82) is 0 Å². The largest absolute Gasteiger partial charge is 0.377 e. The highest BCUT2D eigenvalue weighted by Gasteiger charge is 2.31. The molecular formula is C19H25F2N5O2. The van der Waals surface area contributed by atoms with Crippen molar-refractivity contribution in [1.82, 2.24) is 14.5 Å². The van der Waals surface area contributed by atoms with Crippen molar-refractivity contribution in [2.75, 3.05) is 37.7 Å². The Bertz CT molecular complexity index is 873. The van der Waals surface area contributed by atoms with Gasteiger partial charge < -0.3 is 24.8 Å². The molecule has 2 aliphatic heterocycles. The van der Waals surface area contributed by atoms with Crippen LogP contribution in [0.2, 0.25) is 0 Å². The molecule has 2 fully saturated rings. The van der Waals surface area contributed by atoms with E-state index in [1.54, 1.807) is 15.5 Å². The topological polar surface area (TPSA) is 76.6 Å². The van der Waals surface area contributed by atoms with Crippen molar-refractivity contribution in [3.8, 4) is 0 Å². The number of anilines is 1. The quantitative estimate of drug-likeness (QED) is 0.851. The number of morpholine rings is 1. The molecule has 0 radical (unpaired) electrons. The predicted octanol–water partition coefficient (Wildman–Crippen LogP) is 1.30. The second kappa shape index (κ2) is 7.63. The van der Waals surface area contributed by atoms with Gasteiger partial charge in [0.2, 0.25) is 11.9 Å². The summed E-state index contributed by atoms with van der Waals surface area (Å²) < 4.78 is 34.8. The Kier molecular flexibility index (Phi) is 5.20. The van der Waals surface area contributed by atoms with E-state index in [4.69, 9.17) is 10.5 Å². The fraction of sp³-hybridized carbons (Fsp3) is 0.579. The monoisotopic (exact) mass is 393 g/mol. The van der Waals surface area contributed by atoms with Crippen LogP contribution in [0.1, 0.15) is 13.3 Å². The van der Waals surface area contributed by atoms with Crippen LogP contribution in [0.25, 0.3) is 11.0 Å². The molecular weight excluding hydrogens is 368 g/mol. The van der Waals surface area contributed by atoms with Gasteiger partial charge in [-0.25, -0.2) is 13.8 Å². The fourth-order valence-electron chi connectivity index (χ4n) is 3.94. The maximum Gasteiger partial charge on any atom is 0.243 e. The number of benzene rings is 1. The molecule has 152 valence electrons. The number of rotatable bonds is 3. The minimum absolute atomic E-state index is 0.0214. The van der Waals surface area contributed by atoms with Gasteiger partial charge >= 0.3 is 0 Å². The number of alkyl halides is 1. The number of carbonyl (C=O) groups is 1. The lowest BCUT2D eigenvalue weighted by atomic mass is 10.1. The number of carbonyl (C=O) groups excluding carboxylic acids is 1. The van der Waals surface area contributed by atoms with E-state index >= 15 is 0 Å². The average Bonchev–Trinajstić information content (AvgIpc) is 3.02. The normalized spacial score (nSPS) is 26.1. The molecule has 0 bridgehead atoms. The SMILES string of the molecule is C[C@@H]1COCCN1C(=O)Cn1c(N2CC[C@@H](F)[C@H](N)C2)nc2ccc(F)cc21. The molecule has 3 atom stereocenters. The van der Waals surface area contributed by atoms with Crippen LogP contribution in [-0.4, -0.2) is 71.5 Å². The summed E-state index contributed by atoms with van der Waals surface area (Å²) in [6.07, 6.45) is -0.755. The third-order valence-corrected chi connectivity index (χ3v) is 5.52. The van der Waals surface area contributed by atoms with Crippen molar-refractivity contribution in [3.05, 3.63) is 24.0 Å². The maximum absolute atomic E-state index is 13.9. The van der Waals surface area contributed by atoms with E-state index in [2.05, 4.69) is 4.98 Å². The summed E-state index contributed by atoms with van der Waals surface area (Å²) >= 11 is 0. The lowest BCUT2D eigenvalue weighted by Crippen LogP contribution is -2.51. The van der Waals surface area contributed by atoms with Crippen molar-refractivity contribution in [3.63, 3.8) is 0 Å². The van der Waals surface area contributed by atoms with E-state index in [0.717, 1.165) is 0 Å². The number of ether oxygens (including phenoxy) is 1. The highest BCUT2D eigenvalue weighted by Crippen LogP contribution is 2.27. The number of fused-ring (bicyclic) bond motifs is 1. The molecule has 28 heavy (non-hydrogen) atoms. The van der Waals surface area contributed by atoms with Gasteiger partial charge in [-0.2, -0.15) is 0 Å². The van der Waals surface area contributed by atoms with Crippen LogP contribution in [0, 0.1) is 5.82 Å². The van der Waals surface area contributed by atoms with Gasteiger partial charge in [0.05, 0.1) is 36.3 Å². The highest BCUT2D eigenvalue weighted by atomic mass is 19.1. The Hall–Kier alpha value is -2.26. The molecule has 9 heteroatoms. The van der Waals surface area contributed by atoms with Crippen LogP contribution >= 0.6 is 0 Å². The molecule has 1 amide bonds. The number of aromatic nitrogens is 2. The first-order chi connectivity index (χ1) is 13.4. The maximum atomic E-state index is 13.9. The Morgan fingerprint density at radius 1 is 1.39 bits per heavy atom. The van der Waals surface area contributed by atoms with Crippen LogP contribution < -0.4 is 10.6 Å². The number of imidazole rings is 1. The van der Waals surface area contributed by atoms with Crippen molar-refractivity contribution in [2.45, 2.75) is 38.1 Å². The van der Waals surface area contributed by atoms with Gasteiger partial charge in [0.25, 0.3) is 0 Å². The average molecular weight is 393 g/mol. The van der Waals surface area contributed by atoms with Crippen LogP contribution in [-0.2, 0) is 16.1 Å². The molecule has 0 saturated carbocycles. The first-order valence-corrected chi connectivity index (χ1v) is 9.61. The van der Waals surface area contributed by atoms with E-state index in [9.17, 15) is 13.6 Å². The molecule has 1 aromatic carbocycles. The minimum atomic E-state index is -1.05. The lowest BCUT2D eigenvalue weighted by molar-refractivity contribution is -0.139. The van der Waals surface area contributed by atoms with Crippen LogP contribution in [0.5, 0.6) is 0 Å². The Morgan fingerprint density at radius 3 is 2.96 bits per heavy atom. The van der Waals surface area contributed by atoms with Gasteiger partial charge in [-0.05, 0) is 31.5 Å². The third-order valence-electron chi connectivity index (χ3n) is 5.52. The first-order valence-electron chi connectivity index (χ1n) is 9.61. The lowest BCUT2D eigenvalue weighted by Gasteiger charge is -2.35. The zero-order valence-corrected chi connectivity index (χ0v) is 15.9. The molecule has 7 nitrogen and oxygen atoms in total. The van der Waals surface area contributed by atoms with Crippen LogP contribution in [0.3, 0.4) is 0 Å². The second-order valence-corrected chi connectivity index (χ2v) is 7.56. The summed E-state index contributed by atoms with van der Waals surface area (Å²) in [6, 6.07) is 3.67. The highest BCUT2D eigenvalue weighted by molar-refractivity contribution is 5.83. The van der Waals surface area contributed by atoms with Crippen LogP contribution in [0.4, 0.5) is 14.7 Å². The number of hydrogen-bond donors (Lipinski definition) is 1. The summed E-state index contributed by atoms with van der Waals surface area (Å²) in [6.45, 7) is 4.24. The Morgan fingerprint density at radius 2 is 2.21 bits per heavy atom. The summed E-state index contributed by atoms with van der Waals surface area (Å²) in [5.41, 5.74) is 7.04. The van der Waals surface area contributed by atoms with E-state index < -0.39 is 18.0 Å². The molecule has 0 unspecified atom stereocenters. The van der Waals surface area contributed by atoms with Crippen LogP contribution in [0.15, 0.2) is 18.2 Å². The molecule has 2 aliphatic rings. The zero-order valence-electron chi connectivity index (χ0n) is 15.9. The Balaban J connectivity index is 1.68. The summed E-state index contributed by atoms with van der Waals surface area (Å²) in [7, 11) is 0. The van der Waals surface area contributed by atoms with Crippen molar-refractivity contribution >= 4 is 22.9 Å². The fourth-order valence-corrected chi connectivity index (χ4v) is 3.94. The zero-order chi connectivity index (χ0) is 19.8. The number of nitrogens with two attached hydrogens (primary N) is 1. The van der Waals surface area contributed by atoms with E-state index in [-0.39, 0.29) is 18.5 Å². The second-order valence-electron chi connectivity index (χ2n) is 7.56. The van der Waals surface area contributed by atoms with E-state index in [0.29, 0.717) is 56.3 Å². The third kappa shape index (κ3) is 3.56. The van der Waals surface area contributed by atoms with Gasteiger partial charge in [0.1, 0.15) is 18.5 Å². The number of hydrogen-bond acceptors (Lipinski definition) is 5. The van der Waals surface area contributed by atoms with E-state index in [1.807, 2.05) is 11.8 Å². The van der Waals surface area contributed by atoms with E-state index in [1.165, 1.54) is 12.1 Å². The number of amides is 1. The van der Waals surface area contributed by atoms with Gasteiger partial charge in [-0.15, -0.1) is 0 Å². The van der Waals surface area contributed by atoms with Gasteiger partial charge in [0, 0.05) is 19.6 Å². The number of nitrogens with zero attached hydrogens (tertiary/aromatic N) is 4. The molecule has 3 heterocycles. The standard InChI is InChI=1S/C19H25F2N5O2/c1-12-11-28-7-6-25(12)18(27)10-26-17-8-13(20)2-3-16(17)23-19(26)24-5-4-14(21)15(22)9-24/h2-3,8,12,14-15H,4-7,9-11,22H2,1H3/t12-,14-,15-/m1/s1. The van der Waals surface area contributed by atoms with Gasteiger partial charge in [0.15, 0.2) is 0 Å². The smallest absolute Gasteiger partial charge is 0.243 e. The van der Waals surface area contributed by atoms with Gasteiger partial charge in [-0.3, -0.25) is 4.79 Å². The molecule has 4 rings (SSSR count). The Labute approximate surface area is 162 Å². The molecule has 1 aromatic heterocycles. The minimum Gasteiger partial charge on any atom is -0.377 e. The molecule has 2 aromatic rings. The first kappa shape index (κ1) is 19.1. The predicted molar refractivity (Wildman–Crippen MR) is 101 cm³/mol. The van der Waals surface area contributed by atoms with Gasteiger partial charge in [-0.1, -0.05) is 0 Å². The molecule has 0 spiro atoms. The summed E-state index contributed by atoms with van der Waals surface area (Å²) in [5.74, 6) is 0.0501. The van der Waals surface area contributed by atoms with Crippen molar-refractivity contribution in [2.24, 2.45) is 5.73 Å². The number of halogens is 2. The summed E-state index contributed by atoms with van der Waals surface area (Å²) in [4.78, 5) is 21.2. The molecule has 0 aliphatic carbocycles. The molecule has 2 N–H and O–H groups in total. The summed E-state index contributed by atoms with van der Waals surface area (Å²) in [5, 5.41) is 0. The molecule has 2 saturated heterocycles.